The summed E-state index contributed by atoms with van der Waals surface area (Å²) in [7, 11) is 0. The van der Waals surface area contributed by atoms with Crippen LogP contribution < -0.4 is 0 Å². The maximum absolute atomic E-state index is 12.5. The molecule has 2 heterocycles. The van der Waals surface area contributed by atoms with Gasteiger partial charge in [-0.3, -0.25) is 14.4 Å². The molecule has 0 aliphatic heterocycles. The third kappa shape index (κ3) is 3.60. The monoisotopic (exact) mass is 344 g/mol. The highest BCUT2D eigenvalue weighted by Gasteiger charge is 2.26. The topological polar surface area (TPSA) is 109 Å². The number of H-pyrrole nitrogens is 2. The summed E-state index contributed by atoms with van der Waals surface area (Å²) in [6.07, 6.45) is 0.358. The molecule has 1 atom stereocenters. The maximum Gasteiger partial charge on any atom is 0.355 e. The summed E-state index contributed by atoms with van der Waals surface area (Å²) < 4.78 is 5.17. The molecule has 7 heteroatoms. The number of hydrogen-bond donors (Lipinski definition) is 2. The van der Waals surface area contributed by atoms with Crippen LogP contribution in [0, 0.1) is 13.8 Å². The number of nitrogens with one attached hydrogen (secondary N) is 2. The normalized spacial score (nSPS) is 11.9. The standard InChI is InChI=1S/C18H20N2O5/c1-8-15(11(4)22)9(2)20-16(8)17(23)12(5)25-18(24)14-6-13(7-19-14)10(3)21/h6-7,12,19-20H,1-5H3/t12-/m0/s1. The van der Waals surface area contributed by atoms with Crippen LogP contribution in [0.25, 0.3) is 0 Å². The fourth-order valence-corrected chi connectivity index (χ4v) is 2.72. The first-order valence-electron chi connectivity index (χ1n) is 7.78. The smallest absolute Gasteiger partial charge is 0.355 e. The molecule has 0 spiro atoms. The van der Waals surface area contributed by atoms with E-state index >= 15 is 0 Å². The van der Waals surface area contributed by atoms with Crippen molar-refractivity contribution >= 4 is 23.3 Å². The van der Waals surface area contributed by atoms with Crippen LogP contribution in [0.5, 0.6) is 0 Å². The van der Waals surface area contributed by atoms with E-state index in [1.807, 2.05) is 0 Å². The number of Topliss-reactive ketones (excluding diaryl/α,β-unsaturated/α-hetero) is 3. The second-order valence-electron chi connectivity index (χ2n) is 5.95. The van der Waals surface area contributed by atoms with E-state index in [4.69, 9.17) is 4.74 Å². The minimum atomic E-state index is -1.05. The molecule has 0 saturated heterocycles. The lowest BCUT2D eigenvalue weighted by molar-refractivity contribution is 0.0312. The number of carbonyl (C=O) groups excluding carboxylic acids is 4. The molecule has 0 bridgehead atoms. The number of ketones is 3. The Balaban J connectivity index is 2.17. The van der Waals surface area contributed by atoms with Crippen LogP contribution in [0.4, 0.5) is 0 Å². The fraction of sp³-hybridized carbons (Fsp3) is 0.333. The van der Waals surface area contributed by atoms with Gasteiger partial charge in [-0.2, -0.15) is 0 Å². The second kappa shape index (κ2) is 6.88. The van der Waals surface area contributed by atoms with Gasteiger partial charge in [-0.05, 0) is 46.2 Å². The second-order valence-corrected chi connectivity index (χ2v) is 5.95. The molecule has 0 aliphatic rings. The van der Waals surface area contributed by atoms with Crippen molar-refractivity contribution in [3.63, 3.8) is 0 Å². The Morgan fingerprint density at radius 3 is 2.20 bits per heavy atom. The van der Waals surface area contributed by atoms with Crippen LogP contribution in [0.2, 0.25) is 0 Å². The summed E-state index contributed by atoms with van der Waals surface area (Å²) in [5, 5.41) is 0. The number of hydrogen-bond acceptors (Lipinski definition) is 5. The Hall–Kier alpha value is -2.96. The molecule has 0 fully saturated rings. The van der Waals surface area contributed by atoms with Crippen LogP contribution in [-0.2, 0) is 4.74 Å². The minimum absolute atomic E-state index is 0.0914. The molecule has 0 unspecified atom stereocenters. The van der Waals surface area contributed by atoms with Gasteiger partial charge in [-0.15, -0.1) is 0 Å². The molecule has 25 heavy (non-hydrogen) atoms. The van der Waals surface area contributed by atoms with Crippen molar-refractivity contribution < 1.29 is 23.9 Å². The van der Waals surface area contributed by atoms with E-state index in [-0.39, 0.29) is 23.0 Å². The highest BCUT2D eigenvalue weighted by molar-refractivity contribution is 6.05. The fourth-order valence-electron chi connectivity index (χ4n) is 2.72. The molecule has 2 rings (SSSR count). The Labute approximate surface area is 144 Å². The first kappa shape index (κ1) is 18.4. The summed E-state index contributed by atoms with van der Waals surface area (Å²) in [5.41, 5.74) is 2.30. The molecule has 2 N–H and O–H groups in total. The predicted molar refractivity (Wildman–Crippen MR) is 90.3 cm³/mol. The molecule has 0 saturated carbocycles. The number of esters is 1. The number of rotatable bonds is 6. The summed E-state index contributed by atoms with van der Waals surface area (Å²) >= 11 is 0. The van der Waals surface area contributed by atoms with Crippen LogP contribution in [0.3, 0.4) is 0 Å². The molecule has 2 aromatic rings. The zero-order chi connectivity index (χ0) is 18.9. The van der Waals surface area contributed by atoms with Crippen LogP contribution in [0.15, 0.2) is 12.3 Å². The SMILES string of the molecule is CC(=O)c1c[nH]c(C(=O)O[C@@H](C)C(=O)c2[nH]c(C)c(C(C)=O)c2C)c1. The van der Waals surface area contributed by atoms with E-state index < -0.39 is 17.9 Å². The van der Waals surface area contributed by atoms with Crippen molar-refractivity contribution in [1.82, 2.24) is 9.97 Å². The summed E-state index contributed by atoms with van der Waals surface area (Å²) in [4.78, 5) is 53.1. The summed E-state index contributed by atoms with van der Waals surface area (Å²) in [6, 6.07) is 1.37. The van der Waals surface area contributed by atoms with Crippen molar-refractivity contribution in [1.29, 1.82) is 0 Å². The van der Waals surface area contributed by atoms with Gasteiger partial charge in [0.1, 0.15) is 5.69 Å². The van der Waals surface area contributed by atoms with Crippen LogP contribution >= 0.6 is 0 Å². The molecule has 132 valence electrons. The lowest BCUT2D eigenvalue weighted by atomic mass is 10.0. The molecule has 7 nitrogen and oxygen atoms in total. The summed E-state index contributed by atoms with van der Waals surface area (Å²) in [6.45, 7) is 7.65. The quantitative estimate of drug-likeness (QED) is 0.618. The Morgan fingerprint density at radius 2 is 1.72 bits per heavy atom. The van der Waals surface area contributed by atoms with Gasteiger partial charge in [0.25, 0.3) is 0 Å². The molecule has 2 aromatic heterocycles. The van der Waals surface area contributed by atoms with Crippen LogP contribution in [-0.4, -0.2) is 39.4 Å². The zero-order valence-corrected chi connectivity index (χ0v) is 14.8. The van der Waals surface area contributed by atoms with Gasteiger partial charge >= 0.3 is 5.97 Å². The van der Waals surface area contributed by atoms with Crippen molar-refractivity contribution in [2.75, 3.05) is 0 Å². The first-order valence-corrected chi connectivity index (χ1v) is 7.78. The number of aryl methyl sites for hydroxylation is 1. The van der Waals surface area contributed by atoms with Gasteiger partial charge in [-0.25, -0.2) is 4.79 Å². The highest BCUT2D eigenvalue weighted by Crippen LogP contribution is 2.20. The third-order valence-electron chi connectivity index (χ3n) is 4.00. The molecule has 0 amide bonds. The summed E-state index contributed by atoms with van der Waals surface area (Å²) in [5.74, 6) is -1.49. The van der Waals surface area contributed by atoms with Crippen molar-refractivity contribution in [3.8, 4) is 0 Å². The molecular formula is C18H20N2O5. The highest BCUT2D eigenvalue weighted by atomic mass is 16.5. The van der Waals surface area contributed by atoms with Gasteiger partial charge in [0, 0.05) is 23.0 Å². The predicted octanol–water partition coefficient (Wildman–Crippen LogP) is 2.79. The van der Waals surface area contributed by atoms with E-state index in [9.17, 15) is 19.2 Å². The van der Waals surface area contributed by atoms with E-state index in [0.29, 0.717) is 22.4 Å². The van der Waals surface area contributed by atoms with Gasteiger partial charge in [0.15, 0.2) is 17.7 Å². The lowest BCUT2D eigenvalue weighted by Crippen LogP contribution is -2.25. The van der Waals surface area contributed by atoms with Gasteiger partial charge in [0.2, 0.25) is 5.78 Å². The molecule has 0 aliphatic carbocycles. The number of aromatic nitrogens is 2. The Morgan fingerprint density at radius 1 is 1.08 bits per heavy atom. The van der Waals surface area contributed by atoms with Crippen molar-refractivity contribution in [2.24, 2.45) is 0 Å². The van der Waals surface area contributed by atoms with Crippen LogP contribution in [0.1, 0.15) is 73.7 Å². The average Bonchev–Trinajstić information content (AvgIpc) is 3.11. The van der Waals surface area contributed by atoms with Gasteiger partial charge in [-0.1, -0.05) is 0 Å². The first-order chi connectivity index (χ1) is 11.6. The van der Waals surface area contributed by atoms with Gasteiger partial charge in [0.05, 0.1) is 5.69 Å². The van der Waals surface area contributed by atoms with E-state index in [1.165, 1.54) is 33.0 Å². The molecular weight excluding hydrogens is 324 g/mol. The van der Waals surface area contributed by atoms with Gasteiger partial charge < -0.3 is 14.7 Å². The van der Waals surface area contributed by atoms with E-state index in [2.05, 4.69) is 9.97 Å². The Kier molecular flexibility index (Phi) is 5.06. The minimum Gasteiger partial charge on any atom is -0.450 e. The zero-order valence-electron chi connectivity index (χ0n) is 14.8. The van der Waals surface area contributed by atoms with Crippen molar-refractivity contribution in [3.05, 3.63) is 46.0 Å². The average molecular weight is 344 g/mol. The number of carbonyl (C=O) groups is 4. The molecule has 0 radical (unpaired) electrons. The van der Waals surface area contributed by atoms with E-state index in [0.717, 1.165) is 0 Å². The van der Waals surface area contributed by atoms with E-state index in [1.54, 1.807) is 13.8 Å². The number of aromatic amines is 2. The lowest BCUT2D eigenvalue weighted by Gasteiger charge is -2.11. The largest absolute Gasteiger partial charge is 0.450 e. The third-order valence-corrected chi connectivity index (χ3v) is 4.00. The maximum atomic E-state index is 12.5. The van der Waals surface area contributed by atoms with Crippen molar-refractivity contribution in [2.45, 2.75) is 40.7 Å². The number of ether oxygens (including phenoxy) is 1. The molecule has 0 aromatic carbocycles. The Bertz CT molecular complexity index is 872.